The Labute approximate surface area is 102 Å². The summed E-state index contributed by atoms with van der Waals surface area (Å²) in [6.07, 6.45) is 4.42. The molecule has 0 radical (unpaired) electrons. The number of amides is 1. The van der Waals surface area contributed by atoms with Crippen molar-refractivity contribution in [3.63, 3.8) is 0 Å². The maximum absolute atomic E-state index is 11.6. The van der Waals surface area contributed by atoms with Gasteiger partial charge in [0.1, 0.15) is 5.75 Å². The Kier molecular flexibility index (Phi) is 3.47. The maximum Gasteiger partial charge on any atom is 0.246 e. The minimum atomic E-state index is 0.0317. The number of carbonyl (C=O) groups excluding carboxylic acids is 1. The van der Waals surface area contributed by atoms with Crippen LogP contribution in [0.2, 0.25) is 0 Å². The number of benzene rings is 1. The second kappa shape index (κ2) is 5.04. The Hall–Kier alpha value is -1.77. The van der Waals surface area contributed by atoms with Crippen LogP contribution >= 0.6 is 0 Å². The molecule has 0 spiro atoms. The molecular weight excluding hydrogens is 214 g/mol. The monoisotopic (exact) mass is 231 g/mol. The average Bonchev–Trinajstić information content (AvgIpc) is 2.82. The smallest absolute Gasteiger partial charge is 0.246 e. The van der Waals surface area contributed by atoms with Crippen LogP contribution in [0.25, 0.3) is 6.08 Å². The SMILES string of the molecule is CCN(C)C(=O)/C=C/c1ccc2c(c1)CCO2. The number of ether oxygens (including phenoxy) is 1. The van der Waals surface area contributed by atoms with Crippen molar-refractivity contribution in [1.82, 2.24) is 4.90 Å². The average molecular weight is 231 g/mol. The molecule has 90 valence electrons. The molecule has 1 amide bonds. The van der Waals surface area contributed by atoms with Gasteiger partial charge in [-0.15, -0.1) is 0 Å². The van der Waals surface area contributed by atoms with Crippen molar-refractivity contribution < 1.29 is 9.53 Å². The van der Waals surface area contributed by atoms with Gasteiger partial charge in [-0.05, 0) is 36.3 Å². The van der Waals surface area contributed by atoms with Crippen LogP contribution in [-0.4, -0.2) is 31.0 Å². The van der Waals surface area contributed by atoms with E-state index in [1.165, 1.54) is 5.56 Å². The number of hydrogen-bond acceptors (Lipinski definition) is 2. The highest BCUT2D eigenvalue weighted by atomic mass is 16.5. The van der Waals surface area contributed by atoms with Gasteiger partial charge < -0.3 is 9.64 Å². The fourth-order valence-corrected chi connectivity index (χ4v) is 1.76. The fraction of sp³-hybridized carbons (Fsp3) is 0.357. The van der Waals surface area contributed by atoms with E-state index in [0.29, 0.717) is 0 Å². The van der Waals surface area contributed by atoms with Crippen molar-refractivity contribution in [2.24, 2.45) is 0 Å². The molecule has 0 aromatic heterocycles. The van der Waals surface area contributed by atoms with E-state index >= 15 is 0 Å². The molecule has 1 aromatic carbocycles. The van der Waals surface area contributed by atoms with Gasteiger partial charge in [0.05, 0.1) is 6.61 Å². The number of fused-ring (bicyclic) bond motifs is 1. The van der Waals surface area contributed by atoms with Crippen LogP contribution < -0.4 is 4.74 Å². The predicted octanol–water partition coefficient (Wildman–Crippen LogP) is 2.11. The van der Waals surface area contributed by atoms with Crippen LogP contribution in [0.3, 0.4) is 0 Å². The van der Waals surface area contributed by atoms with Gasteiger partial charge in [0.25, 0.3) is 0 Å². The minimum Gasteiger partial charge on any atom is -0.493 e. The summed E-state index contributed by atoms with van der Waals surface area (Å²) in [6, 6.07) is 6.02. The number of likely N-dealkylation sites (N-methyl/N-ethyl adjacent to an activating group) is 1. The van der Waals surface area contributed by atoms with Gasteiger partial charge in [0.15, 0.2) is 0 Å². The van der Waals surface area contributed by atoms with Crippen LogP contribution in [-0.2, 0) is 11.2 Å². The van der Waals surface area contributed by atoms with Crippen LogP contribution in [0.15, 0.2) is 24.3 Å². The van der Waals surface area contributed by atoms with Crippen molar-refractivity contribution in [3.05, 3.63) is 35.4 Å². The quantitative estimate of drug-likeness (QED) is 0.746. The largest absolute Gasteiger partial charge is 0.493 e. The fourth-order valence-electron chi connectivity index (χ4n) is 1.76. The molecule has 0 aliphatic carbocycles. The first-order chi connectivity index (χ1) is 8.20. The van der Waals surface area contributed by atoms with E-state index in [9.17, 15) is 4.79 Å². The molecule has 1 aliphatic rings. The number of nitrogens with zero attached hydrogens (tertiary/aromatic N) is 1. The number of rotatable bonds is 3. The molecule has 0 saturated carbocycles. The standard InChI is InChI=1S/C14H17NO2/c1-3-15(2)14(16)7-5-11-4-6-13-12(10-11)8-9-17-13/h4-7,10H,3,8-9H2,1-2H3/b7-5+. The molecule has 0 bridgehead atoms. The molecule has 1 aliphatic heterocycles. The maximum atomic E-state index is 11.6. The topological polar surface area (TPSA) is 29.5 Å². The van der Waals surface area contributed by atoms with Crippen molar-refractivity contribution in [2.75, 3.05) is 20.2 Å². The third-order valence-electron chi connectivity index (χ3n) is 2.98. The lowest BCUT2D eigenvalue weighted by atomic mass is 10.1. The predicted molar refractivity (Wildman–Crippen MR) is 68.0 cm³/mol. The van der Waals surface area contributed by atoms with Crippen molar-refractivity contribution >= 4 is 12.0 Å². The van der Waals surface area contributed by atoms with Gasteiger partial charge in [0.2, 0.25) is 5.91 Å². The van der Waals surface area contributed by atoms with Crippen molar-refractivity contribution in [1.29, 1.82) is 0 Å². The van der Waals surface area contributed by atoms with Gasteiger partial charge in [-0.3, -0.25) is 4.79 Å². The molecule has 17 heavy (non-hydrogen) atoms. The molecule has 0 fully saturated rings. The first-order valence-corrected chi connectivity index (χ1v) is 5.89. The van der Waals surface area contributed by atoms with E-state index in [0.717, 1.165) is 30.9 Å². The van der Waals surface area contributed by atoms with Gasteiger partial charge in [-0.25, -0.2) is 0 Å². The first kappa shape index (κ1) is 11.7. The molecule has 0 unspecified atom stereocenters. The molecule has 0 N–H and O–H groups in total. The molecule has 0 saturated heterocycles. The van der Waals surface area contributed by atoms with E-state index in [1.54, 1.807) is 18.0 Å². The molecule has 3 nitrogen and oxygen atoms in total. The molecule has 0 atom stereocenters. The summed E-state index contributed by atoms with van der Waals surface area (Å²) in [5.41, 5.74) is 2.27. The van der Waals surface area contributed by atoms with Gasteiger partial charge >= 0.3 is 0 Å². The second-order valence-corrected chi connectivity index (χ2v) is 4.15. The minimum absolute atomic E-state index is 0.0317. The van der Waals surface area contributed by atoms with Crippen molar-refractivity contribution in [3.8, 4) is 5.75 Å². The summed E-state index contributed by atoms with van der Waals surface area (Å²) in [4.78, 5) is 13.3. The zero-order chi connectivity index (χ0) is 12.3. The summed E-state index contributed by atoms with van der Waals surface area (Å²) in [5, 5.41) is 0. The van der Waals surface area contributed by atoms with E-state index in [1.807, 2.05) is 25.1 Å². The summed E-state index contributed by atoms with van der Waals surface area (Å²) in [6.45, 7) is 3.44. The van der Waals surface area contributed by atoms with Gasteiger partial charge in [-0.2, -0.15) is 0 Å². The zero-order valence-electron chi connectivity index (χ0n) is 10.3. The third-order valence-corrected chi connectivity index (χ3v) is 2.98. The lowest BCUT2D eigenvalue weighted by molar-refractivity contribution is -0.124. The number of carbonyl (C=O) groups is 1. The summed E-state index contributed by atoms with van der Waals surface area (Å²) >= 11 is 0. The molecule has 1 heterocycles. The van der Waals surface area contributed by atoms with Crippen molar-refractivity contribution in [2.45, 2.75) is 13.3 Å². The van der Waals surface area contributed by atoms with E-state index in [2.05, 4.69) is 6.07 Å². The third kappa shape index (κ3) is 2.67. The summed E-state index contributed by atoms with van der Waals surface area (Å²) in [5.74, 6) is 1.00. The van der Waals surface area contributed by atoms with E-state index < -0.39 is 0 Å². The van der Waals surface area contributed by atoms with E-state index in [-0.39, 0.29) is 5.91 Å². The summed E-state index contributed by atoms with van der Waals surface area (Å²) < 4.78 is 5.44. The zero-order valence-corrected chi connectivity index (χ0v) is 10.3. The Bertz CT molecular complexity index is 452. The lowest BCUT2D eigenvalue weighted by Gasteiger charge is -2.10. The first-order valence-electron chi connectivity index (χ1n) is 5.89. The molecule has 1 aromatic rings. The Balaban J connectivity index is 2.09. The normalized spacial score (nSPS) is 13.5. The lowest BCUT2D eigenvalue weighted by Crippen LogP contribution is -2.23. The highest BCUT2D eigenvalue weighted by Gasteiger charge is 2.11. The van der Waals surface area contributed by atoms with Crippen LogP contribution in [0.1, 0.15) is 18.1 Å². The highest BCUT2D eigenvalue weighted by molar-refractivity contribution is 5.91. The Morgan fingerprint density at radius 3 is 3.12 bits per heavy atom. The van der Waals surface area contributed by atoms with Crippen LogP contribution in [0.5, 0.6) is 5.75 Å². The highest BCUT2D eigenvalue weighted by Crippen LogP contribution is 2.26. The van der Waals surface area contributed by atoms with Gasteiger partial charge in [-0.1, -0.05) is 6.07 Å². The number of hydrogen-bond donors (Lipinski definition) is 0. The van der Waals surface area contributed by atoms with Crippen LogP contribution in [0.4, 0.5) is 0 Å². The Morgan fingerprint density at radius 2 is 2.35 bits per heavy atom. The summed E-state index contributed by atoms with van der Waals surface area (Å²) in [7, 11) is 1.79. The van der Waals surface area contributed by atoms with Gasteiger partial charge in [0, 0.05) is 26.1 Å². The van der Waals surface area contributed by atoms with Crippen LogP contribution in [0, 0.1) is 0 Å². The molecular formula is C14H17NO2. The molecule has 3 heteroatoms. The second-order valence-electron chi connectivity index (χ2n) is 4.15. The molecule has 2 rings (SSSR count). The Morgan fingerprint density at radius 1 is 1.53 bits per heavy atom. The van der Waals surface area contributed by atoms with E-state index in [4.69, 9.17) is 4.74 Å².